The zero-order chi connectivity index (χ0) is 19.9. The van der Waals surface area contributed by atoms with Gasteiger partial charge in [-0.2, -0.15) is 13.2 Å². The predicted molar refractivity (Wildman–Crippen MR) is 90.8 cm³/mol. The van der Waals surface area contributed by atoms with Crippen LogP contribution in [-0.4, -0.2) is 8.42 Å². The molecule has 0 atom stereocenters. The molecule has 0 aliphatic carbocycles. The molecule has 0 radical (unpaired) electrons. The highest BCUT2D eigenvalue weighted by Crippen LogP contribution is 2.31. The Balaban J connectivity index is 2.32. The van der Waals surface area contributed by atoms with Crippen LogP contribution in [0.1, 0.15) is 33.4 Å². The molecule has 1 N–H and O–H groups in total. The minimum absolute atomic E-state index is 0.0961. The second-order valence-electron chi connectivity index (χ2n) is 6.23. The van der Waals surface area contributed by atoms with Gasteiger partial charge in [-0.1, -0.05) is 12.1 Å². The van der Waals surface area contributed by atoms with Gasteiger partial charge in [-0.3, -0.25) is 0 Å². The molecule has 0 saturated heterocycles. The zero-order valence-corrected chi connectivity index (χ0v) is 15.6. The second kappa shape index (κ2) is 7.00. The molecule has 0 unspecified atom stereocenters. The first-order valence-electron chi connectivity index (χ1n) is 7.77. The number of alkyl halides is 3. The van der Waals surface area contributed by atoms with Gasteiger partial charge in [0.25, 0.3) is 0 Å². The lowest BCUT2D eigenvalue weighted by Crippen LogP contribution is -2.25. The predicted octanol–water partition coefficient (Wildman–Crippen LogP) is 4.56. The first-order chi connectivity index (χ1) is 11.8. The molecule has 0 spiro atoms. The summed E-state index contributed by atoms with van der Waals surface area (Å²) in [5.74, 6) is -1.44. The van der Waals surface area contributed by atoms with Crippen LogP contribution in [0.5, 0.6) is 0 Å². The highest BCUT2D eigenvalue weighted by molar-refractivity contribution is 7.89. The number of aryl methyl sites for hydroxylation is 2. The van der Waals surface area contributed by atoms with Gasteiger partial charge >= 0.3 is 6.18 Å². The number of halogens is 4. The molecule has 0 aromatic heterocycles. The van der Waals surface area contributed by atoms with Gasteiger partial charge in [-0.25, -0.2) is 17.5 Å². The number of nitrogens with one attached hydrogen (secondary N) is 1. The van der Waals surface area contributed by atoms with E-state index in [1.54, 1.807) is 27.7 Å². The van der Waals surface area contributed by atoms with Crippen molar-refractivity contribution in [3.8, 4) is 0 Å². The molecule has 142 valence electrons. The van der Waals surface area contributed by atoms with Gasteiger partial charge in [0, 0.05) is 6.54 Å². The van der Waals surface area contributed by atoms with E-state index >= 15 is 0 Å². The number of benzene rings is 2. The molecule has 8 heteroatoms. The molecule has 2 aromatic rings. The van der Waals surface area contributed by atoms with Crippen molar-refractivity contribution in [3.05, 3.63) is 63.5 Å². The number of rotatable bonds is 4. The Morgan fingerprint density at radius 2 is 1.50 bits per heavy atom. The van der Waals surface area contributed by atoms with Crippen molar-refractivity contribution in [3.63, 3.8) is 0 Å². The molecule has 0 amide bonds. The van der Waals surface area contributed by atoms with Gasteiger partial charge in [0.05, 0.1) is 10.5 Å². The van der Waals surface area contributed by atoms with Crippen LogP contribution in [-0.2, 0) is 22.7 Å². The summed E-state index contributed by atoms with van der Waals surface area (Å²) in [6, 6.07) is 4.23. The topological polar surface area (TPSA) is 46.2 Å². The van der Waals surface area contributed by atoms with Crippen LogP contribution in [0.15, 0.2) is 29.2 Å². The normalized spacial score (nSPS) is 12.5. The van der Waals surface area contributed by atoms with Gasteiger partial charge in [0.15, 0.2) is 0 Å². The Bertz CT molecular complexity index is 924. The average Bonchev–Trinajstić information content (AvgIpc) is 2.50. The smallest absolute Gasteiger partial charge is 0.207 e. The molecular weight excluding hydrogens is 370 g/mol. The summed E-state index contributed by atoms with van der Waals surface area (Å²) in [6.07, 6.45) is -4.80. The standard InChI is InChI=1S/C18H19F4NO2S/c1-10-7-11(2)13(4)17(12(10)3)26(24,25)23-9-14-5-6-15(16(19)8-14)18(20,21)22/h5-8,23H,9H2,1-4H3. The van der Waals surface area contributed by atoms with Crippen LogP contribution >= 0.6 is 0 Å². The van der Waals surface area contributed by atoms with E-state index in [9.17, 15) is 26.0 Å². The van der Waals surface area contributed by atoms with Crippen molar-refractivity contribution in [1.82, 2.24) is 4.72 Å². The van der Waals surface area contributed by atoms with Crippen molar-refractivity contribution < 1.29 is 26.0 Å². The van der Waals surface area contributed by atoms with Crippen LogP contribution < -0.4 is 4.72 Å². The van der Waals surface area contributed by atoms with E-state index in [2.05, 4.69) is 4.72 Å². The maximum Gasteiger partial charge on any atom is 0.419 e. The van der Waals surface area contributed by atoms with Crippen molar-refractivity contribution >= 4 is 10.0 Å². The minimum atomic E-state index is -4.80. The molecular formula is C18H19F4NO2S. The maximum atomic E-state index is 13.6. The molecule has 0 saturated carbocycles. The molecule has 26 heavy (non-hydrogen) atoms. The summed E-state index contributed by atoms with van der Waals surface area (Å²) >= 11 is 0. The van der Waals surface area contributed by atoms with Gasteiger partial charge in [-0.05, 0) is 67.6 Å². The molecule has 0 aliphatic heterocycles. The monoisotopic (exact) mass is 389 g/mol. The lowest BCUT2D eigenvalue weighted by atomic mass is 10.0. The fourth-order valence-corrected chi connectivity index (χ4v) is 4.36. The van der Waals surface area contributed by atoms with Crippen molar-refractivity contribution in [2.75, 3.05) is 0 Å². The van der Waals surface area contributed by atoms with E-state index < -0.39 is 27.6 Å². The van der Waals surface area contributed by atoms with Crippen molar-refractivity contribution in [1.29, 1.82) is 0 Å². The van der Waals surface area contributed by atoms with Crippen LogP contribution in [0.25, 0.3) is 0 Å². The quantitative estimate of drug-likeness (QED) is 0.780. The number of hydrogen-bond acceptors (Lipinski definition) is 2. The van der Waals surface area contributed by atoms with Gasteiger partial charge in [-0.15, -0.1) is 0 Å². The molecule has 0 heterocycles. The Morgan fingerprint density at radius 1 is 0.962 bits per heavy atom. The van der Waals surface area contributed by atoms with E-state index in [-0.39, 0.29) is 17.0 Å². The maximum absolute atomic E-state index is 13.6. The Labute approximate surface area is 150 Å². The summed E-state index contributed by atoms with van der Waals surface area (Å²) in [7, 11) is -3.91. The average molecular weight is 389 g/mol. The fourth-order valence-electron chi connectivity index (χ4n) is 2.73. The van der Waals surface area contributed by atoms with Gasteiger partial charge in [0.2, 0.25) is 10.0 Å². The Kier molecular flexibility index (Phi) is 5.49. The number of hydrogen-bond donors (Lipinski definition) is 1. The second-order valence-corrected chi connectivity index (χ2v) is 7.93. The minimum Gasteiger partial charge on any atom is -0.207 e. The molecule has 2 rings (SSSR count). The summed E-state index contributed by atoms with van der Waals surface area (Å²) in [5.41, 5.74) is 1.53. The van der Waals surface area contributed by atoms with Gasteiger partial charge < -0.3 is 0 Å². The van der Waals surface area contributed by atoms with E-state index in [0.717, 1.165) is 17.2 Å². The molecule has 0 bridgehead atoms. The molecule has 0 aliphatic rings. The zero-order valence-electron chi connectivity index (χ0n) is 14.8. The van der Waals surface area contributed by atoms with Crippen LogP contribution in [0.2, 0.25) is 0 Å². The lowest BCUT2D eigenvalue weighted by Gasteiger charge is -2.16. The highest BCUT2D eigenvalue weighted by Gasteiger charge is 2.34. The lowest BCUT2D eigenvalue weighted by molar-refractivity contribution is -0.140. The highest BCUT2D eigenvalue weighted by atomic mass is 32.2. The number of sulfonamides is 1. The van der Waals surface area contributed by atoms with E-state index in [1.165, 1.54) is 0 Å². The summed E-state index contributed by atoms with van der Waals surface area (Å²) in [6.45, 7) is 6.66. The van der Waals surface area contributed by atoms with E-state index in [1.807, 2.05) is 6.07 Å². The summed E-state index contributed by atoms with van der Waals surface area (Å²) in [4.78, 5) is 0.141. The summed E-state index contributed by atoms with van der Waals surface area (Å²) < 4.78 is 79.1. The third kappa shape index (κ3) is 4.07. The van der Waals surface area contributed by atoms with Crippen molar-refractivity contribution in [2.45, 2.75) is 45.3 Å². The van der Waals surface area contributed by atoms with Crippen LogP contribution in [0.3, 0.4) is 0 Å². The fraction of sp³-hybridized carbons (Fsp3) is 0.333. The Morgan fingerprint density at radius 3 is 1.96 bits per heavy atom. The van der Waals surface area contributed by atoms with Crippen molar-refractivity contribution in [2.24, 2.45) is 0 Å². The Hall–Kier alpha value is -1.93. The van der Waals surface area contributed by atoms with E-state index in [0.29, 0.717) is 23.3 Å². The molecule has 2 aromatic carbocycles. The van der Waals surface area contributed by atoms with Crippen LogP contribution in [0.4, 0.5) is 17.6 Å². The SMILES string of the molecule is Cc1cc(C)c(C)c(S(=O)(=O)NCc2ccc(C(F)(F)F)c(F)c2)c1C. The first-order valence-corrected chi connectivity index (χ1v) is 9.25. The third-order valence-electron chi connectivity index (χ3n) is 4.37. The molecule has 0 fully saturated rings. The van der Waals surface area contributed by atoms with Crippen LogP contribution in [0, 0.1) is 33.5 Å². The van der Waals surface area contributed by atoms with Gasteiger partial charge in [0.1, 0.15) is 5.82 Å². The largest absolute Gasteiger partial charge is 0.419 e. The third-order valence-corrected chi connectivity index (χ3v) is 6.05. The van der Waals surface area contributed by atoms with E-state index in [4.69, 9.17) is 0 Å². The molecule has 3 nitrogen and oxygen atoms in total. The summed E-state index contributed by atoms with van der Waals surface area (Å²) in [5, 5.41) is 0. The first kappa shape index (κ1) is 20.4.